The maximum atomic E-state index is 10.2. The molecular formula is C17H28O2. The van der Waals surface area contributed by atoms with Gasteiger partial charge in [-0.15, -0.1) is 0 Å². The number of unbranched alkanes of at least 4 members (excludes halogenated alkanes) is 3. The maximum absolute atomic E-state index is 10.2. The van der Waals surface area contributed by atoms with Gasteiger partial charge in [-0.25, -0.2) is 0 Å². The van der Waals surface area contributed by atoms with Crippen molar-refractivity contribution in [3.63, 3.8) is 0 Å². The number of ether oxygens (including phenoxy) is 1. The van der Waals surface area contributed by atoms with E-state index >= 15 is 0 Å². The number of hydrogen-bond donors (Lipinski definition) is 1. The molecule has 2 nitrogen and oxygen atoms in total. The summed E-state index contributed by atoms with van der Waals surface area (Å²) in [4.78, 5) is 0. The van der Waals surface area contributed by atoms with Gasteiger partial charge in [0.2, 0.25) is 5.79 Å². The summed E-state index contributed by atoms with van der Waals surface area (Å²) in [6.07, 6.45) is 6.71. The van der Waals surface area contributed by atoms with E-state index in [1.165, 1.54) is 25.7 Å². The van der Waals surface area contributed by atoms with E-state index in [1.54, 1.807) is 6.92 Å². The first-order chi connectivity index (χ1) is 8.99. The lowest BCUT2D eigenvalue weighted by Crippen LogP contribution is -2.31. The van der Waals surface area contributed by atoms with E-state index in [1.807, 2.05) is 30.3 Å². The summed E-state index contributed by atoms with van der Waals surface area (Å²) >= 11 is 0. The van der Waals surface area contributed by atoms with Crippen LogP contribution in [0, 0.1) is 5.92 Å². The largest absolute Gasteiger partial charge is 0.463 e. The van der Waals surface area contributed by atoms with Crippen LogP contribution < -0.4 is 4.74 Å². The van der Waals surface area contributed by atoms with Crippen molar-refractivity contribution in [2.24, 2.45) is 5.92 Å². The van der Waals surface area contributed by atoms with Gasteiger partial charge in [0, 0.05) is 13.3 Å². The van der Waals surface area contributed by atoms with Crippen molar-refractivity contribution >= 4 is 0 Å². The lowest BCUT2D eigenvalue weighted by molar-refractivity contribution is -0.127. The van der Waals surface area contributed by atoms with Crippen molar-refractivity contribution in [2.75, 3.05) is 0 Å². The van der Waals surface area contributed by atoms with Gasteiger partial charge in [-0.3, -0.25) is 0 Å². The van der Waals surface area contributed by atoms with Gasteiger partial charge in [0.1, 0.15) is 5.75 Å². The Morgan fingerprint density at radius 1 is 1.05 bits per heavy atom. The van der Waals surface area contributed by atoms with Crippen molar-refractivity contribution in [2.45, 2.75) is 65.1 Å². The summed E-state index contributed by atoms with van der Waals surface area (Å²) < 4.78 is 5.60. The zero-order valence-electron chi connectivity index (χ0n) is 12.6. The van der Waals surface area contributed by atoms with Gasteiger partial charge in [0.15, 0.2) is 0 Å². The second-order valence-corrected chi connectivity index (χ2v) is 5.94. The Morgan fingerprint density at radius 3 is 2.32 bits per heavy atom. The molecule has 1 aromatic rings. The average molecular weight is 264 g/mol. The first-order valence-electron chi connectivity index (χ1n) is 7.46. The van der Waals surface area contributed by atoms with Crippen LogP contribution in [0.25, 0.3) is 0 Å². The molecule has 2 heteroatoms. The number of rotatable bonds is 9. The topological polar surface area (TPSA) is 29.5 Å². The summed E-state index contributed by atoms with van der Waals surface area (Å²) in [6.45, 7) is 6.27. The summed E-state index contributed by atoms with van der Waals surface area (Å²) in [7, 11) is 0. The van der Waals surface area contributed by atoms with Crippen LogP contribution in [0.5, 0.6) is 5.75 Å². The molecule has 0 aliphatic carbocycles. The molecule has 1 atom stereocenters. The Labute approximate surface area is 117 Å². The van der Waals surface area contributed by atoms with Gasteiger partial charge in [0.25, 0.3) is 0 Å². The van der Waals surface area contributed by atoms with Gasteiger partial charge in [-0.2, -0.15) is 0 Å². The number of benzene rings is 1. The molecule has 0 aromatic heterocycles. The van der Waals surface area contributed by atoms with E-state index in [0.717, 1.165) is 18.1 Å². The first-order valence-corrected chi connectivity index (χ1v) is 7.46. The molecule has 0 amide bonds. The molecule has 1 unspecified atom stereocenters. The van der Waals surface area contributed by atoms with Crippen molar-refractivity contribution in [1.82, 2.24) is 0 Å². The molecule has 0 aliphatic heterocycles. The fourth-order valence-corrected chi connectivity index (χ4v) is 2.15. The molecule has 0 saturated heterocycles. The number of hydrogen-bond acceptors (Lipinski definition) is 2. The molecule has 1 rings (SSSR count). The Hall–Kier alpha value is -1.02. The minimum absolute atomic E-state index is 0.684. The van der Waals surface area contributed by atoms with Crippen LogP contribution in [0.2, 0.25) is 0 Å². The fraction of sp³-hybridized carbons (Fsp3) is 0.647. The Morgan fingerprint density at radius 2 is 1.68 bits per heavy atom. The van der Waals surface area contributed by atoms with E-state index in [9.17, 15) is 5.11 Å². The molecule has 0 radical (unpaired) electrons. The van der Waals surface area contributed by atoms with E-state index in [0.29, 0.717) is 6.42 Å². The zero-order valence-corrected chi connectivity index (χ0v) is 12.6. The minimum Gasteiger partial charge on any atom is -0.463 e. The lowest BCUT2D eigenvalue weighted by atomic mass is 10.0. The average Bonchev–Trinajstić information content (AvgIpc) is 2.34. The summed E-state index contributed by atoms with van der Waals surface area (Å²) in [5, 5.41) is 10.2. The predicted octanol–water partition coefficient (Wildman–Crippen LogP) is 4.77. The molecule has 0 bridgehead atoms. The van der Waals surface area contributed by atoms with Crippen LogP contribution in [0.1, 0.15) is 59.3 Å². The zero-order chi connectivity index (χ0) is 14.1. The molecule has 0 aliphatic rings. The van der Waals surface area contributed by atoms with Crippen LogP contribution in [0.4, 0.5) is 0 Å². The van der Waals surface area contributed by atoms with Crippen LogP contribution in [-0.4, -0.2) is 10.9 Å². The summed E-state index contributed by atoms with van der Waals surface area (Å²) in [5.74, 6) is 0.469. The minimum atomic E-state index is -1.06. The van der Waals surface area contributed by atoms with Gasteiger partial charge >= 0.3 is 0 Å². The molecule has 0 fully saturated rings. The molecule has 19 heavy (non-hydrogen) atoms. The Kier molecular flexibility index (Phi) is 6.93. The van der Waals surface area contributed by atoms with Crippen LogP contribution in [0.15, 0.2) is 30.3 Å². The standard InChI is InChI=1S/C17H28O2/c1-15(2)11-7-4-5-10-14-17(3,18)19-16-12-8-6-9-13-16/h6,8-9,12-13,15,18H,4-5,7,10-11,14H2,1-3H3. The smallest absolute Gasteiger partial charge is 0.205 e. The molecule has 0 heterocycles. The molecular weight excluding hydrogens is 236 g/mol. The van der Waals surface area contributed by atoms with Crippen LogP contribution >= 0.6 is 0 Å². The van der Waals surface area contributed by atoms with Crippen molar-refractivity contribution in [3.05, 3.63) is 30.3 Å². The number of aliphatic hydroxyl groups is 1. The normalized spacial score (nSPS) is 14.4. The SMILES string of the molecule is CC(C)CCCCCCC(C)(O)Oc1ccccc1. The monoisotopic (exact) mass is 264 g/mol. The maximum Gasteiger partial charge on any atom is 0.205 e. The predicted molar refractivity (Wildman–Crippen MR) is 80.2 cm³/mol. The van der Waals surface area contributed by atoms with Crippen molar-refractivity contribution < 1.29 is 9.84 Å². The van der Waals surface area contributed by atoms with E-state index in [-0.39, 0.29) is 0 Å². The van der Waals surface area contributed by atoms with Gasteiger partial charge in [0.05, 0.1) is 0 Å². The van der Waals surface area contributed by atoms with E-state index in [2.05, 4.69) is 13.8 Å². The third-order valence-electron chi connectivity index (χ3n) is 3.25. The fourth-order valence-electron chi connectivity index (χ4n) is 2.15. The van der Waals surface area contributed by atoms with Gasteiger partial charge in [-0.05, 0) is 24.5 Å². The number of para-hydroxylation sites is 1. The van der Waals surface area contributed by atoms with Gasteiger partial charge < -0.3 is 9.84 Å². The second-order valence-electron chi connectivity index (χ2n) is 5.94. The molecule has 0 saturated carbocycles. The summed E-state index contributed by atoms with van der Waals surface area (Å²) in [5.41, 5.74) is 0. The van der Waals surface area contributed by atoms with Gasteiger partial charge in [-0.1, -0.05) is 57.7 Å². The Bertz CT molecular complexity index is 330. The van der Waals surface area contributed by atoms with Crippen molar-refractivity contribution in [1.29, 1.82) is 0 Å². The molecule has 1 N–H and O–H groups in total. The quantitative estimate of drug-likeness (QED) is 0.514. The lowest BCUT2D eigenvalue weighted by Gasteiger charge is -2.24. The molecule has 108 valence electrons. The second kappa shape index (κ2) is 8.21. The third kappa shape index (κ3) is 7.89. The highest BCUT2D eigenvalue weighted by Gasteiger charge is 2.21. The highest BCUT2D eigenvalue weighted by Crippen LogP contribution is 2.21. The summed E-state index contributed by atoms with van der Waals surface area (Å²) in [6, 6.07) is 9.51. The first kappa shape index (κ1) is 16.0. The third-order valence-corrected chi connectivity index (χ3v) is 3.25. The molecule has 0 spiro atoms. The van der Waals surface area contributed by atoms with Crippen LogP contribution in [0.3, 0.4) is 0 Å². The van der Waals surface area contributed by atoms with Crippen molar-refractivity contribution in [3.8, 4) is 5.75 Å². The van der Waals surface area contributed by atoms with E-state index < -0.39 is 5.79 Å². The Balaban J connectivity index is 2.16. The highest BCUT2D eigenvalue weighted by molar-refractivity contribution is 5.21. The van der Waals surface area contributed by atoms with E-state index in [4.69, 9.17) is 4.74 Å². The highest BCUT2D eigenvalue weighted by atomic mass is 16.6. The van der Waals surface area contributed by atoms with Crippen LogP contribution in [-0.2, 0) is 0 Å². The molecule has 1 aromatic carbocycles.